The molecule has 2 aromatic carbocycles. The lowest BCUT2D eigenvalue weighted by Gasteiger charge is -2.21. The fourth-order valence-electron chi connectivity index (χ4n) is 2.74. The fourth-order valence-corrected chi connectivity index (χ4v) is 2.74. The Balaban J connectivity index is 1.62. The first-order valence-electron chi connectivity index (χ1n) is 8.58. The molecule has 0 aromatic heterocycles. The third-order valence-electron chi connectivity index (χ3n) is 4.24. The molecule has 0 atom stereocenters. The molecule has 136 valence electrons. The second-order valence-electron chi connectivity index (χ2n) is 6.16. The number of benzene rings is 2. The minimum Gasteiger partial charge on any atom is -0.454 e. The quantitative estimate of drug-likeness (QED) is 0.866. The Bertz CT molecular complexity index is 802. The first kappa shape index (κ1) is 17.8. The fraction of sp³-hybridized carbons (Fsp3) is 0.300. The minimum atomic E-state index is -0.231. The summed E-state index contributed by atoms with van der Waals surface area (Å²) in [6, 6.07) is 13.2. The normalized spacial score (nSPS) is 11.9. The van der Waals surface area contributed by atoms with E-state index in [1.165, 1.54) is 17.4 Å². The molecule has 0 saturated heterocycles. The molecule has 3 rings (SSSR count). The molecule has 1 aliphatic rings. The van der Waals surface area contributed by atoms with Gasteiger partial charge < -0.3 is 19.7 Å². The zero-order chi connectivity index (χ0) is 18.5. The molecule has 1 heterocycles. The number of nitrogens with zero attached hydrogens (tertiary/aromatic N) is 1. The van der Waals surface area contributed by atoms with Crippen molar-refractivity contribution >= 4 is 17.5 Å². The van der Waals surface area contributed by atoms with Crippen molar-refractivity contribution in [2.45, 2.75) is 26.8 Å². The van der Waals surface area contributed by atoms with Gasteiger partial charge in [0.25, 0.3) is 0 Å². The van der Waals surface area contributed by atoms with E-state index in [0.717, 1.165) is 17.7 Å². The number of carbonyl (C=O) groups excluding carboxylic acids is 2. The summed E-state index contributed by atoms with van der Waals surface area (Å²) >= 11 is 0. The number of anilines is 1. The molecule has 2 amide bonds. The SMILES string of the molecule is CCc1ccc(NC(=O)CN(Cc2ccc3c(c2)OCO3)C(C)=O)cc1. The second kappa shape index (κ2) is 7.91. The summed E-state index contributed by atoms with van der Waals surface area (Å²) in [6.07, 6.45) is 0.946. The van der Waals surface area contributed by atoms with E-state index in [1.54, 1.807) is 0 Å². The highest BCUT2D eigenvalue weighted by Crippen LogP contribution is 2.32. The van der Waals surface area contributed by atoms with E-state index in [4.69, 9.17) is 9.47 Å². The molecule has 6 nitrogen and oxygen atoms in total. The highest BCUT2D eigenvalue weighted by molar-refractivity contribution is 5.94. The molecule has 0 fully saturated rings. The van der Waals surface area contributed by atoms with Crippen LogP contribution in [0.2, 0.25) is 0 Å². The number of fused-ring (bicyclic) bond motifs is 1. The smallest absolute Gasteiger partial charge is 0.244 e. The van der Waals surface area contributed by atoms with E-state index in [-0.39, 0.29) is 25.2 Å². The van der Waals surface area contributed by atoms with E-state index < -0.39 is 0 Å². The Morgan fingerprint density at radius 1 is 1.04 bits per heavy atom. The van der Waals surface area contributed by atoms with Crippen molar-refractivity contribution in [1.29, 1.82) is 0 Å². The van der Waals surface area contributed by atoms with Gasteiger partial charge in [0.05, 0.1) is 0 Å². The zero-order valence-electron chi connectivity index (χ0n) is 15.0. The molecule has 1 N–H and O–H groups in total. The van der Waals surface area contributed by atoms with Crippen LogP contribution in [0.25, 0.3) is 0 Å². The van der Waals surface area contributed by atoms with Crippen molar-refractivity contribution in [3.8, 4) is 11.5 Å². The summed E-state index contributed by atoms with van der Waals surface area (Å²) in [6.45, 7) is 4.05. The molecule has 6 heteroatoms. The average Bonchev–Trinajstić information content (AvgIpc) is 3.09. The molecule has 0 aliphatic carbocycles. The summed E-state index contributed by atoms with van der Waals surface area (Å²) < 4.78 is 10.6. The topological polar surface area (TPSA) is 67.9 Å². The first-order chi connectivity index (χ1) is 12.5. The molecule has 26 heavy (non-hydrogen) atoms. The number of ether oxygens (including phenoxy) is 2. The number of amides is 2. The molecular weight excluding hydrogens is 332 g/mol. The van der Waals surface area contributed by atoms with Crippen LogP contribution in [-0.4, -0.2) is 30.1 Å². The Labute approximate surface area is 152 Å². The Morgan fingerprint density at radius 2 is 1.73 bits per heavy atom. The Kier molecular flexibility index (Phi) is 5.41. The van der Waals surface area contributed by atoms with Gasteiger partial charge in [-0.1, -0.05) is 25.1 Å². The summed E-state index contributed by atoms with van der Waals surface area (Å²) in [7, 11) is 0. The molecule has 2 aromatic rings. The van der Waals surface area contributed by atoms with Crippen LogP contribution in [0.15, 0.2) is 42.5 Å². The van der Waals surface area contributed by atoms with Gasteiger partial charge in [-0.05, 0) is 41.8 Å². The van der Waals surface area contributed by atoms with Gasteiger partial charge in [-0.2, -0.15) is 0 Å². The first-order valence-corrected chi connectivity index (χ1v) is 8.58. The number of aryl methyl sites for hydroxylation is 1. The maximum atomic E-state index is 12.3. The van der Waals surface area contributed by atoms with Crippen LogP contribution in [0.4, 0.5) is 5.69 Å². The molecule has 0 spiro atoms. The van der Waals surface area contributed by atoms with Gasteiger partial charge >= 0.3 is 0 Å². The van der Waals surface area contributed by atoms with Crippen molar-refractivity contribution in [2.24, 2.45) is 0 Å². The van der Waals surface area contributed by atoms with Gasteiger partial charge in [0.15, 0.2) is 11.5 Å². The van der Waals surface area contributed by atoms with Gasteiger partial charge in [-0.3, -0.25) is 9.59 Å². The van der Waals surface area contributed by atoms with Crippen molar-refractivity contribution in [3.63, 3.8) is 0 Å². The van der Waals surface area contributed by atoms with E-state index in [9.17, 15) is 9.59 Å². The zero-order valence-corrected chi connectivity index (χ0v) is 15.0. The number of carbonyl (C=O) groups is 2. The van der Waals surface area contributed by atoms with Crippen molar-refractivity contribution in [1.82, 2.24) is 4.90 Å². The van der Waals surface area contributed by atoms with Crippen LogP contribution in [-0.2, 0) is 22.6 Å². The van der Waals surface area contributed by atoms with Gasteiger partial charge in [0.2, 0.25) is 18.6 Å². The van der Waals surface area contributed by atoms with Crippen molar-refractivity contribution < 1.29 is 19.1 Å². The molecule has 0 saturated carbocycles. The highest BCUT2D eigenvalue weighted by Gasteiger charge is 2.17. The third kappa shape index (κ3) is 4.33. The number of hydrogen-bond acceptors (Lipinski definition) is 4. The van der Waals surface area contributed by atoms with E-state index in [0.29, 0.717) is 18.0 Å². The van der Waals surface area contributed by atoms with Crippen LogP contribution in [0, 0.1) is 0 Å². The molecule has 0 unspecified atom stereocenters. The largest absolute Gasteiger partial charge is 0.454 e. The van der Waals surface area contributed by atoms with E-state index >= 15 is 0 Å². The Morgan fingerprint density at radius 3 is 2.42 bits per heavy atom. The van der Waals surface area contributed by atoms with Gasteiger partial charge in [0, 0.05) is 19.2 Å². The number of hydrogen-bond donors (Lipinski definition) is 1. The maximum Gasteiger partial charge on any atom is 0.244 e. The predicted molar refractivity (Wildman–Crippen MR) is 98.1 cm³/mol. The third-order valence-corrected chi connectivity index (χ3v) is 4.24. The lowest BCUT2D eigenvalue weighted by Crippen LogP contribution is -2.36. The van der Waals surface area contributed by atoms with Crippen molar-refractivity contribution in [2.75, 3.05) is 18.7 Å². The summed E-state index contributed by atoms with van der Waals surface area (Å²) in [5.41, 5.74) is 2.81. The standard InChI is InChI=1S/C20H22N2O4/c1-3-15-4-7-17(8-5-15)21-20(24)12-22(14(2)23)11-16-6-9-18-19(10-16)26-13-25-18/h4-10H,3,11-13H2,1-2H3,(H,21,24). The lowest BCUT2D eigenvalue weighted by molar-refractivity contribution is -0.133. The van der Waals surface area contributed by atoms with E-state index in [1.807, 2.05) is 42.5 Å². The molecule has 1 aliphatic heterocycles. The lowest BCUT2D eigenvalue weighted by atomic mass is 10.1. The van der Waals surface area contributed by atoms with Gasteiger partial charge in [-0.15, -0.1) is 0 Å². The summed E-state index contributed by atoms with van der Waals surface area (Å²) in [4.78, 5) is 25.7. The molecular formula is C20H22N2O4. The molecule has 0 bridgehead atoms. The Hall–Kier alpha value is -3.02. The second-order valence-corrected chi connectivity index (χ2v) is 6.16. The minimum absolute atomic E-state index is 0.0146. The van der Waals surface area contributed by atoms with Gasteiger partial charge in [-0.25, -0.2) is 0 Å². The molecule has 0 radical (unpaired) electrons. The van der Waals surface area contributed by atoms with E-state index in [2.05, 4.69) is 12.2 Å². The van der Waals surface area contributed by atoms with Crippen LogP contribution in [0.3, 0.4) is 0 Å². The average molecular weight is 354 g/mol. The van der Waals surface area contributed by atoms with Gasteiger partial charge in [0.1, 0.15) is 6.54 Å². The summed E-state index contributed by atoms with van der Waals surface area (Å²) in [5.74, 6) is 0.951. The maximum absolute atomic E-state index is 12.3. The van der Waals surface area contributed by atoms with Crippen LogP contribution in [0.1, 0.15) is 25.0 Å². The highest BCUT2D eigenvalue weighted by atomic mass is 16.7. The van der Waals surface area contributed by atoms with Crippen LogP contribution in [0.5, 0.6) is 11.5 Å². The predicted octanol–water partition coefficient (Wildman–Crippen LogP) is 2.96. The van der Waals surface area contributed by atoms with Crippen LogP contribution >= 0.6 is 0 Å². The van der Waals surface area contributed by atoms with Crippen LogP contribution < -0.4 is 14.8 Å². The summed E-state index contributed by atoms with van der Waals surface area (Å²) in [5, 5.41) is 2.83. The number of nitrogens with one attached hydrogen (secondary N) is 1. The van der Waals surface area contributed by atoms with Crippen molar-refractivity contribution in [3.05, 3.63) is 53.6 Å². The number of rotatable bonds is 6. The monoisotopic (exact) mass is 354 g/mol.